The lowest BCUT2D eigenvalue weighted by Crippen LogP contribution is -2.31. The number of unbranched alkanes of at least 4 members (excludes halogenated alkanes) is 1. The first-order valence-electron chi connectivity index (χ1n) is 13.8. The molecule has 1 aromatic carbocycles. The van der Waals surface area contributed by atoms with E-state index < -0.39 is 0 Å². The summed E-state index contributed by atoms with van der Waals surface area (Å²) in [7, 11) is 0. The van der Waals surface area contributed by atoms with E-state index in [4.69, 9.17) is 24.7 Å². The molecule has 0 aromatic heterocycles. The summed E-state index contributed by atoms with van der Waals surface area (Å²) in [6.07, 6.45) is 5.18. The SMILES string of the molecule is C=C/C1=C(\C=C)N(C(=O)CCCCC(=O)NCCOCCOCCOCCOCCN)Cc2ccccc2C#C1. The van der Waals surface area contributed by atoms with Crippen molar-refractivity contribution < 1.29 is 28.5 Å². The third kappa shape index (κ3) is 12.7. The van der Waals surface area contributed by atoms with Crippen LogP contribution in [-0.2, 0) is 35.1 Å². The fourth-order valence-electron chi connectivity index (χ4n) is 3.87. The number of allylic oxidation sites excluding steroid dienone is 3. The Morgan fingerprint density at radius 1 is 0.875 bits per heavy atom. The number of carbonyl (C=O) groups excluding carboxylic acids is 2. The van der Waals surface area contributed by atoms with Crippen LogP contribution in [-0.4, -0.2) is 82.7 Å². The van der Waals surface area contributed by atoms with Crippen molar-refractivity contribution in [1.82, 2.24) is 10.2 Å². The number of nitrogens with one attached hydrogen (secondary N) is 1. The molecule has 1 aliphatic rings. The van der Waals surface area contributed by atoms with Crippen molar-refractivity contribution in [3.63, 3.8) is 0 Å². The third-order valence-corrected chi connectivity index (χ3v) is 5.93. The van der Waals surface area contributed by atoms with Gasteiger partial charge in [0.25, 0.3) is 0 Å². The Morgan fingerprint density at radius 3 is 2.15 bits per heavy atom. The Labute approximate surface area is 238 Å². The third-order valence-electron chi connectivity index (χ3n) is 5.93. The van der Waals surface area contributed by atoms with E-state index in [-0.39, 0.29) is 11.8 Å². The van der Waals surface area contributed by atoms with Gasteiger partial charge in [0.05, 0.1) is 65.1 Å². The molecule has 2 amide bonds. The highest BCUT2D eigenvalue weighted by molar-refractivity contribution is 5.80. The van der Waals surface area contributed by atoms with E-state index in [1.165, 1.54) is 0 Å². The molecule has 0 unspecified atom stereocenters. The van der Waals surface area contributed by atoms with Crippen molar-refractivity contribution in [2.24, 2.45) is 5.73 Å². The molecule has 0 spiro atoms. The zero-order chi connectivity index (χ0) is 28.8. The van der Waals surface area contributed by atoms with Crippen LogP contribution in [0, 0.1) is 11.8 Å². The van der Waals surface area contributed by atoms with Gasteiger partial charge in [0.2, 0.25) is 11.8 Å². The summed E-state index contributed by atoms with van der Waals surface area (Å²) in [5.41, 5.74) is 8.52. The van der Waals surface area contributed by atoms with Crippen molar-refractivity contribution in [2.75, 3.05) is 65.9 Å². The standard InChI is InChI=1S/C31H43N3O6/c1-3-26-13-14-27-9-5-6-10-28(27)25-34(29(26)4-2)31(36)12-8-7-11-30(35)33-16-18-38-20-22-40-24-23-39-21-19-37-17-15-32/h3-6,9-10H,1-2,7-8,11-12,15-25,32H2,(H,33,35)/b29-26-. The number of fused-ring (bicyclic) bond motifs is 1. The smallest absolute Gasteiger partial charge is 0.227 e. The van der Waals surface area contributed by atoms with Crippen LogP contribution in [0.25, 0.3) is 0 Å². The Balaban J connectivity index is 1.58. The van der Waals surface area contributed by atoms with Crippen LogP contribution in [0.3, 0.4) is 0 Å². The van der Waals surface area contributed by atoms with E-state index >= 15 is 0 Å². The summed E-state index contributed by atoms with van der Waals surface area (Å²) < 4.78 is 21.5. The van der Waals surface area contributed by atoms with E-state index in [9.17, 15) is 9.59 Å². The second-order valence-corrected chi connectivity index (χ2v) is 8.89. The van der Waals surface area contributed by atoms with Gasteiger partial charge in [-0.2, -0.15) is 0 Å². The summed E-state index contributed by atoms with van der Waals surface area (Å²) >= 11 is 0. The van der Waals surface area contributed by atoms with Gasteiger partial charge in [-0.05, 0) is 30.5 Å². The van der Waals surface area contributed by atoms with E-state index in [0.717, 1.165) is 11.1 Å². The van der Waals surface area contributed by atoms with E-state index in [1.807, 2.05) is 24.3 Å². The van der Waals surface area contributed by atoms with Gasteiger partial charge >= 0.3 is 0 Å². The molecule has 0 bridgehead atoms. The summed E-state index contributed by atoms with van der Waals surface area (Å²) in [5, 5.41) is 2.84. The number of carbonyl (C=O) groups is 2. The predicted molar refractivity (Wildman–Crippen MR) is 155 cm³/mol. The van der Waals surface area contributed by atoms with Gasteiger partial charge in [0, 0.05) is 37.1 Å². The second-order valence-electron chi connectivity index (χ2n) is 8.89. The summed E-state index contributed by atoms with van der Waals surface area (Å²) in [5.74, 6) is 6.18. The predicted octanol–water partition coefficient (Wildman–Crippen LogP) is 2.71. The minimum absolute atomic E-state index is 0.0353. The average molecular weight is 554 g/mol. The molecule has 1 aliphatic heterocycles. The fraction of sp³-hybridized carbons (Fsp3) is 0.484. The second kappa shape index (κ2) is 20.6. The number of ether oxygens (including phenoxy) is 4. The quantitative estimate of drug-likeness (QED) is 0.178. The van der Waals surface area contributed by atoms with E-state index in [1.54, 1.807) is 17.1 Å². The van der Waals surface area contributed by atoms with Gasteiger partial charge in [0.15, 0.2) is 0 Å². The summed E-state index contributed by atoms with van der Waals surface area (Å²) in [4.78, 5) is 27.0. The molecule has 3 N–H and O–H groups in total. The van der Waals surface area contributed by atoms with Crippen LogP contribution in [0.5, 0.6) is 0 Å². The monoisotopic (exact) mass is 553 g/mol. The van der Waals surface area contributed by atoms with Crippen LogP contribution in [0.15, 0.2) is 60.8 Å². The molecule has 9 heteroatoms. The van der Waals surface area contributed by atoms with E-state index in [0.29, 0.717) is 109 Å². The molecule has 1 heterocycles. The lowest BCUT2D eigenvalue weighted by Gasteiger charge is -2.26. The highest BCUT2D eigenvalue weighted by Crippen LogP contribution is 2.22. The molecule has 2 rings (SSSR count). The molecule has 0 saturated carbocycles. The van der Waals surface area contributed by atoms with Crippen LogP contribution in [0.1, 0.15) is 36.8 Å². The number of benzene rings is 1. The molecule has 0 fully saturated rings. The Bertz CT molecular complexity index is 1040. The van der Waals surface area contributed by atoms with Crippen molar-refractivity contribution >= 4 is 11.8 Å². The molecule has 0 radical (unpaired) electrons. The van der Waals surface area contributed by atoms with Crippen molar-refractivity contribution in [3.05, 3.63) is 72.0 Å². The number of nitrogens with two attached hydrogens (primary N) is 1. The van der Waals surface area contributed by atoms with Crippen molar-refractivity contribution in [1.29, 1.82) is 0 Å². The molecule has 40 heavy (non-hydrogen) atoms. The van der Waals surface area contributed by atoms with Gasteiger partial charge in [-0.25, -0.2) is 0 Å². The van der Waals surface area contributed by atoms with Gasteiger partial charge < -0.3 is 34.9 Å². The highest BCUT2D eigenvalue weighted by Gasteiger charge is 2.21. The Kier molecular flexibility index (Phi) is 17.0. The number of rotatable bonds is 21. The maximum atomic E-state index is 13.2. The molecular weight excluding hydrogens is 510 g/mol. The number of hydrogen-bond donors (Lipinski definition) is 2. The largest absolute Gasteiger partial charge is 0.378 e. The minimum atomic E-state index is -0.0593. The molecular formula is C31H43N3O6. The van der Waals surface area contributed by atoms with Crippen molar-refractivity contribution in [3.8, 4) is 11.8 Å². The number of amides is 2. The normalized spacial score (nSPS) is 14.4. The first kappa shape index (κ1) is 32.9. The zero-order valence-corrected chi connectivity index (χ0v) is 23.5. The molecule has 0 saturated heterocycles. The Hall–Kier alpha value is -3.26. The topological polar surface area (TPSA) is 112 Å². The molecule has 0 atom stereocenters. The molecule has 0 aliphatic carbocycles. The fourth-order valence-corrected chi connectivity index (χ4v) is 3.87. The summed E-state index contributed by atoms with van der Waals surface area (Å²) in [6, 6.07) is 7.80. The zero-order valence-electron chi connectivity index (χ0n) is 23.5. The number of hydrogen-bond acceptors (Lipinski definition) is 7. The summed E-state index contributed by atoms with van der Waals surface area (Å²) in [6.45, 7) is 13.0. The molecule has 9 nitrogen and oxygen atoms in total. The van der Waals surface area contributed by atoms with Crippen LogP contribution < -0.4 is 11.1 Å². The van der Waals surface area contributed by atoms with Gasteiger partial charge in [-0.3, -0.25) is 9.59 Å². The first-order chi connectivity index (χ1) is 19.6. The van der Waals surface area contributed by atoms with Gasteiger partial charge in [-0.15, -0.1) is 0 Å². The molecule has 218 valence electrons. The minimum Gasteiger partial charge on any atom is -0.378 e. The highest BCUT2D eigenvalue weighted by atomic mass is 16.6. The van der Waals surface area contributed by atoms with Crippen LogP contribution >= 0.6 is 0 Å². The lowest BCUT2D eigenvalue weighted by atomic mass is 10.0. The maximum absolute atomic E-state index is 13.2. The van der Waals surface area contributed by atoms with E-state index in [2.05, 4.69) is 30.3 Å². The average Bonchev–Trinajstić information content (AvgIpc) is 2.96. The van der Waals surface area contributed by atoms with Gasteiger partial charge in [-0.1, -0.05) is 49.3 Å². The van der Waals surface area contributed by atoms with Gasteiger partial charge in [0.1, 0.15) is 0 Å². The first-order valence-corrected chi connectivity index (χ1v) is 13.8. The Morgan fingerprint density at radius 2 is 1.50 bits per heavy atom. The maximum Gasteiger partial charge on any atom is 0.227 e. The number of nitrogens with zero attached hydrogens (tertiary/aromatic N) is 1. The van der Waals surface area contributed by atoms with Crippen LogP contribution in [0.2, 0.25) is 0 Å². The molecule has 1 aromatic rings. The van der Waals surface area contributed by atoms with Crippen LogP contribution in [0.4, 0.5) is 0 Å². The van der Waals surface area contributed by atoms with Crippen molar-refractivity contribution in [2.45, 2.75) is 32.2 Å². The lowest BCUT2D eigenvalue weighted by molar-refractivity contribution is -0.130.